The van der Waals surface area contributed by atoms with E-state index >= 15 is 0 Å². The molecule has 0 aliphatic heterocycles. The third kappa shape index (κ3) is 10.4. The third-order valence-corrected chi connectivity index (χ3v) is 5.83. The second kappa shape index (κ2) is 14.6. The van der Waals surface area contributed by atoms with Crippen LogP contribution in [0.2, 0.25) is 0 Å². The van der Waals surface area contributed by atoms with Gasteiger partial charge in [-0.3, -0.25) is 19.3 Å². The molecule has 0 fully saturated rings. The van der Waals surface area contributed by atoms with E-state index in [0.717, 1.165) is 5.56 Å². The van der Waals surface area contributed by atoms with Gasteiger partial charge in [0.05, 0.1) is 0 Å². The second-order valence-corrected chi connectivity index (χ2v) is 10.6. The lowest BCUT2D eigenvalue weighted by atomic mass is 10.0. The highest BCUT2D eigenvalue weighted by Crippen LogP contribution is 2.14. The lowest BCUT2D eigenvalue weighted by Gasteiger charge is -2.35. The van der Waals surface area contributed by atoms with Crippen LogP contribution in [-0.4, -0.2) is 77.5 Å². The van der Waals surface area contributed by atoms with Gasteiger partial charge in [-0.1, -0.05) is 51.1 Å². The second-order valence-electron chi connectivity index (χ2n) is 10.6. The Hall–Kier alpha value is -3.14. The number of benzene rings is 1. The molecule has 0 saturated heterocycles. The number of amides is 4. The molecule has 208 valence electrons. The molecule has 0 bridgehead atoms. The van der Waals surface area contributed by atoms with Crippen molar-refractivity contribution < 1.29 is 23.9 Å². The first kappa shape index (κ1) is 31.9. The summed E-state index contributed by atoms with van der Waals surface area (Å²) in [5.41, 5.74) is 6.04. The summed E-state index contributed by atoms with van der Waals surface area (Å²) in [6, 6.07) is 6.99. The van der Waals surface area contributed by atoms with Crippen molar-refractivity contribution in [1.29, 1.82) is 0 Å². The summed E-state index contributed by atoms with van der Waals surface area (Å²) < 4.78 is 5.34. The Labute approximate surface area is 221 Å². The van der Waals surface area contributed by atoms with Crippen molar-refractivity contribution in [2.45, 2.75) is 85.2 Å². The van der Waals surface area contributed by atoms with E-state index in [1.54, 1.807) is 27.7 Å². The standard InChI is InChI=1S/C27H45N5O5/c1-9-15-32(21(23(28)33)17-29-16-20-13-11-10-12-14-20)25(35)22(18(2)3)30-24(34)19(4)31(8)26(36)37-27(5,6)7/h10-14,18-19,21-22,29H,9,15-17H2,1-8H3,(H2,28,33)(H,30,34)/t19-,21-,22-/m0/s1. The zero-order valence-electron chi connectivity index (χ0n) is 23.5. The topological polar surface area (TPSA) is 134 Å². The van der Waals surface area contributed by atoms with E-state index in [-0.39, 0.29) is 12.5 Å². The maximum Gasteiger partial charge on any atom is 0.410 e. The van der Waals surface area contributed by atoms with Crippen LogP contribution in [0, 0.1) is 5.92 Å². The lowest BCUT2D eigenvalue weighted by Crippen LogP contribution is -2.60. The molecule has 1 aromatic rings. The summed E-state index contributed by atoms with van der Waals surface area (Å²) in [7, 11) is 1.47. The van der Waals surface area contributed by atoms with E-state index in [1.807, 2.05) is 51.1 Å². The molecular formula is C27H45N5O5. The fraction of sp³-hybridized carbons (Fsp3) is 0.630. The number of nitrogens with two attached hydrogens (primary N) is 1. The van der Waals surface area contributed by atoms with Gasteiger partial charge in [0.25, 0.3) is 0 Å². The first-order valence-electron chi connectivity index (χ1n) is 12.8. The molecular weight excluding hydrogens is 474 g/mol. The molecule has 0 spiro atoms. The van der Waals surface area contributed by atoms with E-state index in [9.17, 15) is 19.2 Å². The Bertz CT molecular complexity index is 900. The van der Waals surface area contributed by atoms with E-state index < -0.39 is 47.5 Å². The summed E-state index contributed by atoms with van der Waals surface area (Å²) in [5.74, 6) is -1.81. The average molecular weight is 520 g/mol. The van der Waals surface area contributed by atoms with Crippen LogP contribution in [0.15, 0.2) is 30.3 Å². The summed E-state index contributed by atoms with van der Waals surface area (Å²) in [4.78, 5) is 54.2. The molecule has 1 aromatic carbocycles. The molecule has 0 heterocycles. The number of primary amides is 1. The maximum absolute atomic E-state index is 13.7. The highest BCUT2D eigenvalue weighted by Gasteiger charge is 2.36. The van der Waals surface area contributed by atoms with Gasteiger partial charge in [-0.25, -0.2) is 4.79 Å². The van der Waals surface area contributed by atoms with Gasteiger partial charge in [-0.2, -0.15) is 0 Å². The minimum absolute atomic E-state index is 0.173. The van der Waals surface area contributed by atoms with E-state index in [1.165, 1.54) is 16.8 Å². The molecule has 4 N–H and O–H groups in total. The predicted octanol–water partition coefficient (Wildman–Crippen LogP) is 2.26. The van der Waals surface area contributed by atoms with Gasteiger partial charge < -0.3 is 26.0 Å². The largest absolute Gasteiger partial charge is 0.444 e. The molecule has 3 atom stereocenters. The number of likely N-dealkylation sites (N-methyl/N-ethyl adjacent to an activating group) is 1. The lowest BCUT2D eigenvalue weighted by molar-refractivity contribution is -0.144. The van der Waals surface area contributed by atoms with Crippen LogP contribution in [0.5, 0.6) is 0 Å². The molecule has 0 unspecified atom stereocenters. The van der Waals surface area contributed by atoms with Gasteiger partial charge in [0.1, 0.15) is 23.7 Å². The number of carbonyl (C=O) groups excluding carboxylic acids is 4. The number of nitrogens with one attached hydrogen (secondary N) is 2. The molecule has 0 aliphatic rings. The molecule has 4 amide bonds. The van der Waals surface area contributed by atoms with Crippen LogP contribution in [-0.2, 0) is 25.7 Å². The van der Waals surface area contributed by atoms with Crippen molar-refractivity contribution in [2.24, 2.45) is 11.7 Å². The van der Waals surface area contributed by atoms with Crippen LogP contribution < -0.4 is 16.4 Å². The Morgan fingerprint density at radius 1 is 1.05 bits per heavy atom. The maximum atomic E-state index is 13.7. The average Bonchev–Trinajstić information content (AvgIpc) is 2.81. The van der Waals surface area contributed by atoms with E-state index in [0.29, 0.717) is 19.5 Å². The number of hydrogen-bond acceptors (Lipinski definition) is 6. The Morgan fingerprint density at radius 3 is 2.14 bits per heavy atom. The van der Waals surface area contributed by atoms with Crippen LogP contribution in [0.3, 0.4) is 0 Å². The SMILES string of the molecule is CCCN(C(=O)[C@@H](NC(=O)[C@H](C)N(C)C(=O)OC(C)(C)C)C(C)C)[C@@H](CNCc1ccccc1)C(N)=O. The van der Waals surface area contributed by atoms with Crippen molar-refractivity contribution in [3.63, 3.8) is 0 Å². The molecule has 0 aliphatic carbocycles. The van der Waals surface area contributed by atoms with Crippen LogP contribution >= 0.6 is 0 Å². The molecule has 1 rings (SSSR count). The van der Waals surface area contributed by atoms with Crippen LogP contribution in [0.25, 0.3) is 0 Å². The minimum atomic E-state index is -0.912. The zero-order valence-corrected chi connectivity index (χ0v) is 23.5. The molecule has 10 heteroatoms. The van der Waals surface area contributed by atoms with Gasteiger partial charge in [0.15, 0.2) is 0 Å². The smallest absolute Gasteiger partial charge is 0.410 e. The van der Waals surface area contributed by atoms with E-state index in [4.69, 9.17) is 10.5 Å². The van der Waals surface area contributed by atoms with E-state index in [2.05, 4.69) is 10.6 Å². The van der Waals surface area contributed by atoms with Gasteiger partial charge in [-0.05, 0) is 45.6 Å². The summed E-state index contributed by atoms with van der Waals surface area (Å²) >= 11 is 0. The summed E-state index contributed by atoms with van der Waals surface area (Å²) in [6.07, 6.45) is -0.0430. The van der Waals surface area contributed by atoms with Crippen molar-refractivity contribution in [3.05, 3.63) is 35.9 Å². The van der Waals surface area contributed by atoms with Gasteiger partial charge in [-0.15, -0.1) is 0 Å². The predicted molar refractivity (Wildman–Crippen MR) is 143 cm³/mol. The van der Waals surface area contributed by atoms with Gasteiger partial charge in [0.2, 0.25) is 17.7 Å². The van der Waals surface area contributed by atoms with Crippen molar-refractivity contribution in [2.75, 3.05) is 20.1 Å². The minimum Gasteiger partial charge on any atom is -0.444 e. The normalized spacial score (nSPS) is 13.9. The number of rotatable bonds is 13. The first-order chi connectivity index (χ1) is 17.2. The quantitative estimate of drug-likeness (QED) is 0.366. The van der Waals surface area contributed by atoms with Crippen LogP contribution in [0.4, 0.5) is 4.79 Å². The third-order valence-electron chi connectivity index (χ3n) is 5.83. The number of ether oxygens (including phenoxy) is 1. The zero-order chi connectivity index (χ0) is 28.3. The van der Waals surface area contributed by atoms with Crippen molar-refractivity contribution >= 4 is 23.8 Å². The molecule has 37 heavy (non-hydrogen) atoms. The number of nitrogens with zero attached hydrogens (tertiary/aromatic N) is 2. The van der Waals surface area contributed by atoms with Gasteiger partial charge in [0, 0.05) is 26.7 Å². The highest BCUT2D eigenvalue weighted by molar-refractivity contribution is 5.93. The first-order valence-corrected chi connectivity index (χ1v) is 12.8. The highest BCUT2D eigenvalue weighted by atomic mass is 16.6. The Balaban J connectivity index is 3.01. The molecule has 0 saturated carbocycles. The molecule has 0 radical (unpaired) electrons. The monoisotopic (exact) mass is 519 g/mol. The number of carbonyl (C=O) groups is 4. The fourth-order valence-electron chi connectivity index (χ4n) is 3.61. The Morgan fingerprint density at radius 2 is 1.65 bits per heavy atom. The fourth-order valence-corrected chi connectivity index (χ4v) is 3.61. The van der Waals surface area contributed by atoms with Crippen molar-refractivity contribution in [1.82, 2.24) is 20.4 Å². The summed E-state index contributed by atoms with van der Waals surface area (Å²) in [6.45, 7) is 13.3. The Kier molecular flexibility index (Phi) is 12.6. The number of hydrogen-bond donors (Lipinski definition) is 3. The van der Waals surface area contributed by atoms with Gasteiger partial charge >= 0.3 is 6.09 Å². The summed E-state index contributed by atoms with van der Waals surface area (Å²) in [5, 5.41) is 5.99. The van der Waals surface area contributed by atoms with Crippen molar-refractivity contribution in [3.8, 4) is 0 Å². The molecule has 0 aromatic heterocycles. The van der Waals surface area contributed by atoms with Crippen LogP contribution in [0.1, 0.15) is 60.5 Å². The molecule has 10 nitrogen and oxygen atoms in total.